The van der Waals surface area contributed by atoms with Crippen LogP contribution in [0.2, 0.25) is 0 Å². The van der Waals surface area contributed by atoms with Crippen LogP contribution in [0.5, 0.6) is 0 Å². The molecule has 2 N–H and O–H groups in total. The summed E-state index contributed by atoms with van der Waals surface area (Å²) in [5, 5.41) is 11.9. The van der Waals surface area contributed by atoms with Crippen LogP contribution in [-0.2, 0) is 4.79 Å². The minimum atomic E-state index is -1.10. The van der Waals surface area contributed by atoms with Crippen molar-refractivity contribution in [1.82, 2.24) is 5.32 Å². The molecule has 1 aromatic heterocycles. The van der Waals surface area contributed by atoms with Crippen molar-refractivity contribution in [2.45, 2.75) is 24.0 Å². The molecule has 0 saturated heterocycles. The summed E-state index contributed by atoms with van der Waals surface area (Å²) in [5.41, 5.74) is 0. The highest BCUT2D eigenvalue weighted by atomic mass is 32.2. The number of hydrogen-bond donors (Lipinski definition) is 2. The fourth-order valence-electron chi connectivity index (χ4n) is 1.15. The van der Waals surface area contributed by atoms with E-state index in [0.717, 1.165) is 12.8 Å². The molecule has 86 valence electrons. The lowest BCUT2D eigenvalue weighted by Gasteiger charge is -2.00. The Labute approximate surface area is 96.2 Å². The Hall–Kier alpha value is -1.43. The molecular weight excluding hydrogens is 230 g/mol. The molecule has 0 bridgehead atoms. The zero-order valence-corrected chi connectivity index (χ0v) is 9.25. The lowest BCUT2D eigenvalue weighted by Crippen LogP contribution is -2.26. The SMILES string of the molecule is O=C(CSc1ccc(C(=O)O)o1)NC1CC1. The fraction of sp³-hybridized carbons (Fsp3) is 0.400. The Kier molecular flexibility index (Phi) is 3.19. The second-order valence-corrected chi connectivity index (χ2v) is 4.53. The Morgan fingerprint density at radius 2 is 2.25 bits per heavy atom. The molecule has 1 amide bonds. The molecule has 16 heavy (non-hydrogen) atoms. The Morgan fingerprint density at radius 3 is 2.81 bits per heavy atom. The average Bonchev–Trinajstić information content (AvgIpc) is 2.91. The van der Waals surface area contributed by atoms with Gasteiger partial charge in [-0.25, -0.2) is 4.79 Å². The Bertz CT molecular complexity index is 411. The summed E-state index contributed by atoms with van der Waals surface area (Å²) in [7, 11) is 0. The number of carbonyl (C=O) groups excluding carboxylic acids is 1. The standard InChI is InChI=1S/C10H11NO4S/c12-8(11-6-1-2-6)5-16-9-4-3-7(15-9)10(13)14/h3-4,6H,1-2,5H2,(H,11,12)(H,13,14). The number of hydrogen-bond acceptors (Lipinski definition) is 4. The highest BCUT2D eigenvalue weighted by molar-refractivity contribution is 7.99. The van der Waals surface area contributed by atoms with Crippen LogP contribution < -0.4 is 5.32 Å². The smallest absolute Gasteiger partial charge is 0.371 e. The summed E-state index contributed by atoms with van der Waals surface area (Å²) in [4.78, 5) is 21.8. The summed E-state index contributed by atoms with van der Waals surface area (Å²) in [5.74, 6) is -0.997. The largest absolute Gasteiger partial charge is 0.475 e. The fourth-order valence-corrected chi connectivity index (χ4v) is 1.82. The molecule has 0 spiro atoms. The number of carboxylic acid groups (broad SMARTS) is 1. The molecular formula is C10H11NO4S. The third-order valence-corrected chi connectivity index (χ3v) is 2.99. The van der Waals surface area contributed by atoms with Gasteiger partial charge in [0.1, 0.15) is 0 Å². The van der Waals surface area contributed by atoms with Gasteiger partial charge in [0.25, 0.3) is 0 Å². The number of amides is 1. The van der Waals surface area contributed by atoms with Gasteiger partial charge in [0.15, 0.2) is 5.09 Å². The first-order valence-electron chi connectivity index (χ1n) is 4.90. The second-order valence-electron chi connectivity index (χ2n) is 3.55. The van der Waals surface area contributed by atoms with Crippen molar-refractivity contribution in [3.05, 3.63) is 17.9 Å². The lowest BCUT2D eigenvalue weighted by molar-refractivity contribution is -0.118. The number of carboxylic acids is 1. The number of rotatable bonds is 5. The summed E-state index contributed by atoms with van der Waals surface area (Å²) in [6, 6.07) is 3.28. The van der Waals surface area contributed by atoms with E-state index in [4.69, 9.17) is 9.52 Å². The predicted molar refractivity (Wildman–Crippen MR) is 57.6 cm³/mol. The van der Waals surface area contributed by atoms with Gasteiger partial charge in [-0.05, 0) is 25.0 Å². The van der Waals surface area contributed by atoms with Gasteiger partial charge in [-0.3, -0.25) is 4.79 Å². The highest BCUT2D eigenvalue weighted by Gasteiger charge is 2.23. The van der Waals surface area contributed by atoms with E-state index >= 15 is 0 Å². The van der Waals surface area contributed by atoms with Crippen LogP contribution in [0.25, 0.3) is 0 Å². The summed E-state index contributed by atoms with van der Waals surface area (Å²) in [6.07, 6.45) is 2.11. The van der Waals surface area contributed by atoms with Crippen molar-refractivity contribution in [2.24, 2.45) is 0 Å². The molecule has 6 heteroatoms. The molecule has 1 aliphatic rings. The Balaban J connectivity index is 1.79. The van der Waals surface area contributed by atoms with Crippen molar-refractivity contribution in [3.63, 3.8) is 0 Å². The van der Waals surface area contributed by atoms with Gasteiger partial charge in [0.2, 0.25) is 11.7 Å². The first-order valence-corrected chi connectivity index (χ1v) is 5.89. The van der Waals surface area contributed by atoms with Crippen molar-refractivity contribution in [3.8, 4) is 0 Å². The first-order chi connectivity index (χ1) is 7.65. The van der Waals surface area contributed by atoms with E-state index in [1.807, 2.05) is 0 Å². The maximum atomic E-state index is 11.3. The van der Waals surface area contributed by atoms with E-state index in [9.17, 15) is 9.59 Å². The Morgan fingerprint density at radius 1 is 1.50 bits per heavy atom. The minimum absolute atomic E-state index is 0.0409. The molecule has 5 nitrogen and oxygen atoms in total. The molecule has 0 unspecified atom stereocenters. The van der Waals surface area contributed by atoms with Crippen LogP contribution >= 0.6 is 11.8 Å². The number of aromatic carboxylic acids is 1. The van der Waals surface area contributed by atoms with Gasteiger partial charge < -0.3 is 14.8 Å². The van der Waals surface area contributed by atoms with E-state index < -0.39 is 5.97 Å². The van der Waals surface area contributed by atoms with Gasteiger partial charge in [-0.1, -0.05) is 11.8 Å². The number of carbonyl (C=O) groups is 2. The van der Waals surface area contributed by atoms with E-state index in [-0.39, 0.29) is 17.4 Å². The second kappa shape index (κ2) is 4.61. The van der Waals surface area contributed by atoms with Gasteiger partial charge in [-0.15, -0.1) is 0 Å². The molecule has 1 fully saturated rings. The predicted octanol–water partition coefficient (Wildman–Crippen LogP) is 1.35. The van der Waals surface area contributed by atoms with Gasteiger partial charge in [0, 0.05) is 6.04 Å². The van der Waals surface area contributed by atoms with Crippen molar-refractivity contribution in [2.75, 3.05) is 5.75 Å². The molecule has 1 heterocycles. The average molecular weight is 241 g/mol. The number of thioether (sulfide) groups is 1. The van der Waals surface area contributed by atoms with E-state index in [0.29, 0.717) is 11.1 Å². The molecule has 1 aromatic rings. The first kappa shape index (κ1) is 11.1. The van der Waals surface area contributed by atoms with Crippen LogP contribution in [0.15, 0.2) is 21.6 Å². The molecule has 1 aliphatic carbocycles. The number of furan rings is 1. The van der Waals surface area contributed by atoms with Crippen LogP contribution in [0.4, 0.5) is 0 Å². The lowest BCUT2D eigenvalue weighted by atomic mass is 10.5. The van der Waals surface area contributed by atoms with Gasteiger partial charge in [-0.2, -0.15) is 0 Å². The van der Waals surface area contributed by atoms with Crippen molar-refractivity contribution < 1.29 is 19.1 Å². The van der Waals surface area contributed by atoms with E-state index in [2.05, 4.69) is 5.32 Å². The number of nitrogens with one attached hydrogen (secondary N) is 1. The molecule has 2 rings (SSSR count). The molecule has 0 aromatic carbocycles. The van der Waals surface area contributed by atoms with E-state index in [1.54, 1.807) is 6.07 Å². The summed E-state index contributed by atoms with van der Waals surface area (Å²) in [6.45, 7) is 0. The maximum absolute atomic E-state index is 11.3. The summed E-state index contributed by atoms with van der Waals surface area (Å²) < 4.78 is 5.00. The van der Waals surface area contributed by atoms with Gasteiger partial charge >= 0.3 is 5.97 Å². The monoisotopic (exact) mass is 241 g/mol. The zero-order chi connectivity index (χ0) is 11.5. The van der Waals surface area contributed by atoms with Crippen molar-refractivity contribution in [1.29, 1.82) is 0 Å². The van der Waals surface area contributed by atoms with Crippen LogP contribution in [0, 0.1) is 0 Å². The molecule has 1 saturated carbocycles. The van der Waals surface area contributed by atoms with Crippen LogP contribution in [0.3, 0.4) is 0 Å². The molecule has 0 aliphatic heterocycles. The van der Waals surface area contributed by atoms with Crippen molar-refractivity contribution >= 4 is 23.6 Å². The van der Waals surface area contributed by atoms with E-state index in [1.165, 1.54) is 17.8 Å². The van der Waals surface area contributed by atoms with Gasteiger partial charge in [0.05, 0.1) is 5.75 Å². The third-order valence-electron chi connectivity index (χ3n) is 2.08. The third kappa shape index (κ3) is 3.03. The van der Waals surface area contributed by atoms with Crippen LogP contribution in [0.1, 0.15) is 23.4 Å². The molecule has 0 atom stereocenters. The topological polar surface area (TPSA) is 79.5 Å². The summed E-state index contributed by atoms with van der Waals surface area (Å²) >= 11 is 1.19. The van der Waals surface area contributed by atoms with Crippen LogP contribution in [-0.4, -0.2) is 28.8 Å². The highest BCUT2D eigenvalue weighted by Crippen LogP contribution is 2.22. The molecule has 0 radical (unpaired) electrons. The minimum Gasteiger partial charge on any atom is -0.475 e. The quantitative estimate of drug-likeness (QED) is 0.761. The maximum Gasteiger partial charge on any atom is 0.371 e. The normalized spacial score (nSPS) is 14.8. The zero-order valence-electron chi connectivity index (χ0n) is 8.43.